The minimum absolute atomic E-state index is 0.00458. The predicted octanol–water partition coefficient (Wildman–Crippen LogP) is 5.95. The Morgan fingerprint density at radius 3 is 2.39 bits per heavy atom. The van der Waals surface area contributed by atoms with Crippen LogP contribution in [0.3, 0.4) is 0 Å². The number of nitrogens with zero attached hydrogens (tertiary/aromatic N) is 1. The molecule has 1 amide bonds. The van der Waals surface area contributed by atoms with Gasteiger partial charge < -0.3 is 4.42 Å². The van der Waals surface area contributed by atoms with Crippen LogP contribution in [-0.2, 0) is 0 Å². The van der Waals surface area contributed by atoms with E-state index in [1.807, 2.05) is 13.8 Å². The van der Waals surface area contributed by atoms with Crippen molar-refractivity contribution in [2.75, 3.05) is 4.90 Å². The van der Waals surface area contributed by atoms with Gasteiger partial charge in [-0.05, 0) is 73.0 Å². The molecule has 4 nitrogen and oxygen atoms in total. The van der Waals surface area contributed by atoms with Crippen LogP contribution >= 0.6 is 11.6 Å². The highest BCUT2D eigenvalue weighted by Crippen LogP contribution is 2.41. The summed E-state index contributed by atoms with van der Waals surface area (Å²) in [6.45, 7) is 3.84. The summed E-state index contributed by atoms with van der Waals surface area (Å²) in [5.74, 6) is -0.849. The van der Waals surface area contributed by atoms with Gasteiger partial charge in [-0.2, -0.15) is 0 Å². The average molecular weight is 434 g/mol. The van der Waals surface area contributed by atoms with Crippen molar-refractivity contribution in [1.29, 1.82) is 0 Å². The van der Waals surface area contributed by atoms with Crippen LogP contribution in [0.25, 0.3) is 11.0 Å². The molecule has 154 valence electrons. The van der Waals surface area contributed by atoms with E-state index in [1.165, 1.54) is 17.0 Å². The summed E-state index contributed by atoms with van der Waals surface area (Å²) in [4.78, 5) is 28.5. The van der Waals surface area contributed by atoms with Gasteiger partial charge in [-0.1, -0.05) is 29.8 Å². The van der Waals surface area contributed by atoms with Crippen molar-refractivity contribution in [3.05, 3.63) is 110 Å². The SMILES string of the molecule is Cc1cc2oc3c(c(=O)c2cc1C)[C@H](c1ccc(F)cc1)N(c1cccc(Cl)c1)C3=O. The first kappa shape index (κ1) is 19.5. The number of amides is 1. The fourth-order valence-electron chi connectivity index (χ4n) is 4.08. The first-order valence-corrected chi connectivity index (χ1v) is 10.2. The molecule has 0 N–H and O–H groups in total. The van der Waals surface area contributed by atoms with Crippen molar-refractivity contribution >= 4 is 34.2 Å². The standard InChI is InChI=1S/C25H17ClFNO3/c1-13-10-19-20(11-14(13)2)31-24-21(23(19)29)22(15-6-8-17(27)9-7-15)28(25(24)30)18-5-3-4-16(26)12-18/h3-12,22H,1-2H3/t22-/m0/s1. The van der Waals surface area contributed by atoms with E-state index in [4.69, 9.17) is 16.0 Å². The third-order valence-corrected chi connectivity index (χ3v) is 5.99. The van der Waals surface area contributed by atoms with Gasteiger partial charge in [0.25, 0.3) is 5.91 Å². The Balaban J connectivity index is 1.83. The van der Waals surface area contributed by atoms with Crippen LogP contribution in [0.4, 0.5) is 10.1 Å². The van der Waals surface area contributed by atoms with Crippen LogP contribution in [0.1, 0.15) is 38.9 Å². The number of benzene rings is 3. The molecule has 4 aromatic rings. The van der Waals surface area contributed by atoms with Gasteiger partial charge in [0, 0.05) is 10.7 Å². The first-order chi connectivity index (χ1) is 14.8. The molecule has 0 aliphatic carbocycles. The van der Waals surface area contributed by atoms with Crippen LogP contribution in [0.5, 0.6) is 0 Å². The van der Waals surface area contributed by atoms with Crippen molar-refractivity contribution in [2.45, 2.75) is 19.9 Å². The molecule has 1 atom stereocenters. The zero-order valence-corrected chi connectivity index (χ0v) is 17.5. The maximum atomic E-state index is 13.6. The summed E-state index contributed by atoms with van der Waals surface area (Å²) in [7, 11) is 0. The molecular weight excluding hydrogens is 417 g/mol. The van der Waals surface area contributed by atoms with Gasteiger partial charge >= 0.3 is 0 Å². The number of carbonyl (C=O) groups is 1. The molecule has 0 saturated heterocycles. The molecule has 0 unspecified atom stereocenters. The van der Waals surface area contributed by atoms with Gasteiger partial charge in [0.2, 0.25) is 5.76 Å². The topological polar surface area (TPSA) is 50.5 Å². The van der Waals surface area contributed by atoms with Gasteiger partial charge in [0.15, 0.2) is 5.43 Å². The fraction of sp³-hybridized carbons (Fsp3) is 0.120. The lowest BCUT2D eigenvalue weighted by molar-refractivity contribution is 0.0971. The number of fused-ring (bicyclic) bond motifs is 2. The number of rotatable bonds is 2. The Labute approximate surface area is 182 Å². The van der Waals surface area contributed by atoms with E-state index >= 15 is 0 Å². The molecule has 1 aromatic heterocycles. The van der Waals surface area contributed by atoms with Crippen LogP contribution in [0.2, 0.25) is 5.02 Å². The van der Waals surface area contributed by atoms with E-state index in [0.717, 1.165) is 11.1 Å². The largest absolute Gasteiger partial charge is 0.450 e. The molecule has 0 radical (unpaired) electrons. The fourth-order valence-corrected chi connectivity index (χ4v) is 4.27. The van der Waals surface area contributed by atoms with E-state index in [9.17, 15) is 14.0 Å². The molecule has 0 bridgehead atoms. The normalized spacial score (nSPS) is 15.5. The molecule has 0 spiro atoms. The molecule has 31 heavy (non-hydrogen) atoms. The zero-order chi connectivity index (χ0) is 21.9. The Morgan fingerprint density at radius 2 is 1.68 bits per heavy atom. The second kappa shape index (κ2) is 7.06. The third-order valence-electron chi connectivity index (χ3n) is 5.76. The van der Waals surface area contributed by atoms with Gasteiger partial charge in [-0.15, -0.1) is 0 Å². The summed E-state index contributed by atoms with van der Waals surface area (Å²) in [5.41, 5.74) is 3.37. The van der Waals surface area contributed by atoms with Crippen molar-refractivity contribution in [1.82, 2.24) is 0 Å². The molecule has 1 aliphatic heterocycles. The molecule has 3 aromatic carbocycles. The molecule has 6 heteroatoms. The second-order valence-corrected chi connectivity index (χ2v) is 8.15. The Morgan fingerprint density at radius 1 is 0.968 bits per heavy atom. The third kappa shape index (κ3) is 3.04. The van der Waals surface area contributed by atoms with E-state index in [0.29, 0.717) is 27.2 Å². The lowest BCUT2D eigenvalue weighted by Crippen LogP contribution is -2.29. The first-order valence-electron chi connectivity index (χ1n) is 9.77. The Hall–Kier alpha value is -3.44. The minimum Gasteiger partial charge on any atom is -0.450 e. The Kier molecular flexibility index (Phi) is 4.45. The van der Waals surface area contributed by atoms with Crippen LogP contribution in [-0.4, -0.2) is 5.91 Å². The molecule has 5 rings (SSSR count). The Bertz CT molecular complexity index is 1430. The van der Waals surface area contributed by atoms with Crippen LogP contribution < -0.4 is 10.3 Å². The highest BCUT2D eigenvalue weighted by molar-refractivity contribution is 6.31. The minimum atomic E-state index is -0.760. The van der Waals surface area contributed by atoms with E-state index in [1.54, 1.807) is 48.5 Å². The highest BCUT2D eigenvalue weighted by Gasteiger charge is 2.43. The van der Waals surface area contributed by atoms with Gasteiger partial charge in [0.05, 0.1) is 17.0 Å². The molecular formula is C25H17ClFNO3. The lowest BCUT2D eigenvalue weighted by atomic mass is 9.97. The van der Waals surface area contributed by atoms with E-state index < -0.39 is 17.8 Å². The van der Waals surface area contributed by atoms with E-state index in [-0.39, 0.29) is 16.8 Å². The van der Waals surface area contributed by atoms with Gasteiger partial charge in [-0.3, -0.25) is 14.5 Å². The average Bonchev–Trinajstić information content (AvgIpc) is 3.03. The van der Waals surface area contributed by atoms with Gasteiger partial charge in [0.1, 0.15) is 11.4 Å². The quantitative estimate of drug-likeness (QED) is 0.392. The van der Waals surface area contributed by atoms with Crippen molar-refractivity contribution in [3.63, 3.8) is 0 Å². The molecule has 1 aliphatic rings. The number of aryl methyl sites for hydroxylation is 2. The maximum absolute atomic E-state index is 13.6. The number of hydrogen-bond donors (Lipinski definition) is 0. The number of halogens is 2. The molecule has 0 saturated carbocycles. The van der Waals surface area contributed by atoms with Gasteiger partial charge in [-0.25, -0.2) is 4.39 Å². The lowest BCUT2D eigenvalue weighted by Gasteiger charge is -2.25. The second-order valence-electron chi connectivity index (χ2n) is 7.72. The summed E-state index contributed by atoms with van der Waals surface area (Å²) in [5, 5.41) is 0.865. The van der Waals surface area contributed by atoms with Crippen molar-refractivity contribution in [3.8, 4) is 0 Å². The number of carbonyl (C=O) groups excluding carboxylic acids is 1. The zero-order valence-electron chi connectivity index (χ0n) is 16.8. The van der Waals surface area contributed by atoms with Crippen molar-refractivity contribution in [2.24, 2.45) is 0 Å². The molecule has 0 fully saturated rings. The summed E-state index contributed by atoms with van der Waals surface area (Å²) in [6, 6.07) is 15.4. The maximum Gasteiger partial charge on any atom is 0.295 e. The predicted molar refractivity (Wildman–Crippen MR) is 118 cm³/mol. The number of anilines is 1. The highest BCUT2D eigenvalue weighted by atomic mass is 35.5. The smallest absolute Gasteiger partial charge is 0.295 e. The van der Waals surface area contributed by atoms with E-state index in [2.05, 4.69) is 0 Å². The van der Waals surface area contributed by atoms with Crippen molar-refractivity contribution < 1.29 is 13.6 Å². The molecule has 2 heterocycles. The number of hydrogen-bond acceptors (Lipinski definition) is 3. The summed E-state index contributed by atoms with van der Waals surface area (Å²) < 4.78 is 19.6. The van der Waals surface area contributed by atoms with Crippen LogP contribution in [0, 0.1) is 19.7 Å². The summed E-state index contributed by atoms with van der Waals surface area (Å²) >= 11 is 6.18. The van der Waals surface area contributed by atoms with Crippen LogP contribution in [0.15, 0.2) is 69.9 Å². The summed E-state index contributed by atoms with van der Waals surface area (Å²) in [6.07, 6.45) is 0. The monoisotopic (exact) mass is 433 g/mol.